The number of rotatable bonds is 6. The van der Waals surface area contributed by atoms with Crippen LogP contribution in [-0.4, -0.2) is 47.1 Å². The minimum Gasteiger partial charge on any atom is -0.493 e. The van der Waals surface area contributed by atoms with Crippen LogP contribution in [-0.2, 0) is 9.09 Å². The third kappa shape index (κ3) is 3.31. The molecule has 0 bridgehead atoms. The summed E-state index contributed by atoms with van der Waals surface area (Å²) in [4.78, 5) is 3.62. The second-order valence-corrected chi connectivity index (χ2v) is 9.50. The maximum Gasteiger partial charge on any atom is 0.346 e. The Morgan fingerprint density at radius 1 is 1.21 bits per heavy atom. The van der Waals surface area contributed by atoms with Gasteiger partial charge >= 0.3 is 7.67 Å². The molecule has 1 unspecified atom stereocenters. The van der Waals surface area contributed by atoms with Gasteiger partial charge in [0.2, 0.25) is 0 Å². The van der Waals surface area contributed by atoms with Crippen LogP contribution in [0.5, 0.6) is 17.2 Å². The van der Waals surface area contributed by atoms with E-state index in [0.29, 0.717) is 24.5 Å². The van der Waals surface area contributed by atoms with Crippen molar-refractivity contribution in [3.05, 3.63) is 47.5 Å². The predicted octanol–water partition coefficient (Wildman–Crippen LogP) is 3.90. The molecule has 1 aromatic carbocycles. The summed E-state index contributed by atoms with van der Waals surface area (Å²) in [6.07, 6.45) is 1.61. The summed E-state index contributed by atoms with van der Waals surface area (Å²) in [6, 6.07) is 6.80. The van der Waals surface area contributed by atoms with Crippen molar-refractivity contribution in [2.75, 3.05) is 32.8 Å². The van der Waals surface area contributed by atoms with E-state index in [2.05, 4.69) is 4.98 Å². The standard InChI is InChI=1S/C19H21FN3O4P/c1-13-11-18-14(12-17(13)26-16-3-2-5-21-19(16)20)15(4-10-25-18)27-28(24,22-6-7-22)23-8-9-23/h2-3,5,11-12,15H,4,6-10H2,1H3. The van der Waals surface area contributed by atoms with Gasteiger partial charge in [0.25, 0.3) is 5.95 Å². The van der Waals surface area contributed by atoms with Gasteiger partial charge in [0.1, 0.15) is 11.5 Å². The molecule has 3 aliphatic rings. The van der Waals surface area contributed by atoms with E-state index in [9.17, 15) is 8.96 Å². The first-order valence-corrected chi connectivity index (χ1v) is 10.9. The van der Waals surface area contributed by atoms with E-state index < -0.39 is 13.6 Å². The summed E-state index contributed by atoms with van der Waals surface area (Å²) < 4.78 is 48.9. The van der Waals surface area contributed by atoms with Crippen molar-refractivity contribution in [2.45, 2.75) is 19.4 Å². The molecule has 2 fully saturated rings. The number of ether oxygens (including phenoxy) is 2. The van der Waals surface area contributed by atoms with Crippen LogP contribution in [0.3, 0.4) is 0 Å². The summed E-state index contributed by atoms with van der Waals surface area (Å²) in [5.74, 6) is 0.573. The van der Waals surface area contributed by atoms with E-state index >= 15 is 0 Å². The van der Waals surface area contributed by atoms with E-state index in [1.54, 1.807) is 12.1 Å². The second kappa shape index (κ2) is 6.81. The molecular weight excluding hydrogens is 384 g/mol. The van der Waals surface area contributed by atoms with Crippen LogP contribution in [0.1, 0.15) is 23.7 Å². The molecule has 0 aliphatic carbocycles. The highest BCUT2D eigenvalue weighted by molar-refractivity contribution is 7.54. The third-order valence-corrected chi connectivity index (χ3v) is 7.82. The van der Waals surface area contributed by atoms with Gasteiger partial charge < -0.3 is 9.47 Å². The van der Waals surface area contributed by atoms with Crippen molar-refractivity contribution in [3.8, 4) is 17.2 Å². The fourth-order valence-electron chi connectivity index (χ4n) is 3.34. The van der Waals surface area contributed by atoms with Crippen LogP contribution in [0.2, 0.25) is 0 Å². The molecule has 7 nitrogen and oxygen atoms in total. The van der Waals surface area contributed by atoms with Crippen LogP contribution in [0, 0.1) is 12.9 Å². The highest BCUT2D eigenvalue weighted by Gasteiger charge is 2.51. The monoisotopic (exact) mass is 405 g/mol. The molecule has 0 radical (unpaired) electrons. The van der Waals surface area contributed by atoms with Gasteiger partial charge in [0.05, 0.1) is 12.7 Å². The van der Waals surface area contributed by atoms with Crippen molar-refractivity contribution >= 4 is 7.67 Å². The Kier molecular flexibility index (Phi) is 4.39. The van der Waals surface area contributed by atoms with Crippen molar-refractivity contribution in [3.63, 3.8) is 0 Å². The molecule has 0 saturated carbocycles. The predicted molar refractivity (Wildman–Crippen MR) is 100 cm³/mol. The number of halogens is 1. The van der Waals surface area contributed by atoms with Gasteiger partial charge in [-0.05, 0) is 36.8 Å². The average molecular weight is 405 g/mol. The summed E-state index contributed by atoms with van der Waals surface area (Å²) in [6.45, 7) is 5.56. The fourth-order valence-corrected chi connectivity index (χ4v) is 5.71. The number of aromatic nitrogens is 1. The molecule has 5 rings (SSSR count). The topological polar surface area (TPSA) is 63.7 Å². The van der Waals surface area contributed by atoms with E-state index in [0.717, 1.165) is 37.3 Å². The van der Waals surface area contributed by atoms with Gasteiger partial charge in [-0.15, -0.1) is 0 Å². The zero-order valence-corrected chi connectivity index (χ0v) is 16.4. The van der Waals surface area contributed by atoms with E-state index in [4.69, 9.17) is 14.0 Å². The number of benzene rings is 1. The lowest BCUT2D eigenvalue weighted by Gasteiger charge is -2.31. The largest absolute Gasteiger partial charge is 0.493 e. The lowest BCUT2D eigenvalue weighted by Crippen LogP contribution is -2.19. The van der Waals surface area contributed by atoms with Gasteiger partial charge in [-0.1, -0.05) is 0 Å². The number of hydrogen-bond donors (Lipinski definition) is 0. The lowest BCUT2D eigenvalue weighted by atomic mass is 10.0. The zero-order chi connectivity index (χ0) is 19.3. The summed E-state index contributed by atoms with van der Waals surface area (Å²) in [5.41, 5.74) is 1.59. The highest BCUT2D eigenvalue weighted by Crippen LogP contribution is 2.64. The molecule has 0 spiro atoms. The highest BCUT2D eigenvalue weighted by atomic mass is 31.2. The Morgan fingerprint density at radius 2 is 1.96 bits per heavy atom. The Labute approximate surface area is 162 Å². The van der Waals surface area contributed by atoms with Crippen LogP contribution < -0.4 is 9.47 Å². The number of aryl methyl sites for hydroxylation is 1. The molecule has 1 aromatic heterocycles. The lowest BCUT2D eigenvalue weighted by molar-refractivity contribution is 0.124. The summed E-state index contributed by atoms with van der Waals surface area (Å²) in [7, 11) is -2.97. The van der Waals surface area contributed by atoms with Crippen LogP contribution in [0.4, 0.5) is 4.39 Å². The molecule has 4 heterocycles. The third-order valence-electron chi connectivity index (χ3n) is 5.06. The van der Waals surface area contributed by atoms with Gasteiger partial charge in [-0.25, -0.2) is 14.3 Å². The summed E-state index contributed by atoms with van der Waals surface area (Å²) >= 11 is 0. The number of nitrogens with zero attached hydrogens (tertiary/aromatic N) is 3. The van der Waals surface area contributed by atoms with Crippen LogP contribution in [0.25, 0.3) is 0 Å². The first-order chi connectivity index (χ1) is 13.5. The second-order valence-electron chi connectivity index (χ2n) is 7.18. The first-order valence-electron chi connectivity index (χ1n) is 9.39. The molecule has 3 aliphatic heterocycles. The van der Waals surface area contributed by atoms with Crippen molar-refractivity contribution in [2.24, 2.45) is 0 Å². The number of hydrogen-bond acceptors (Lipinski definition) is 5. The first kappa shape index (κ1) is 18.1. The Bertz CT molecular complexity index is 948. The van der Waals surface area contributed by atoms with Crippen molar-refractivity contribution in [1.29, 1.82) is 0 Å². The van der Waals surface area contributed by atoms with E-state index in [1.807, 2.05) is 22.3 Å². The molecule has 2 aromatic rings. The molecular formula is C19H21FN3O4P. The minimum absolute atomic E-state index is 0.0543. The molecule has 0 amide bonds. The zero-order valence-electron chi connectivity index (χ0n) is 15.5. The smallest absolute Gasteiger partial charge is 0.346 e. The molecule has 1 atom stereocenters. The average Bonchev–Trinajstić information content (AvgIpc) is 3.57. The van der Waals surface area contributed by atoms with Crippen LogP contribution >= 0.6 is 7.67 Å². The molecule has 28 heavy (non-hydrogen) atoms. The van der Waals surface area contributed by atoms with Crippen molar-refractivity contribution in [1.82, 2.24) is 14.3 Å². The Morgan fingerprint density at radius 3 is 2.64 bits per heavy atom. The van der Waals surface area contributed by atoms with Crippen LogP contribution in [0.15, 0.2) is 30.5 Å². The van der Waals surface area contributed by atoms with Gasteiger partial charge in [0, 0.05) is 44.4 Å². The Hall–Kier alpha value is -1.99. The normalized spacial score (nSPS) is 21.7. The summed E-state index contributed by atoms with van der Waals surface area (Å²) in [5, 5.41) is 0. The molecule has 0 N–H and O–H groups in total. The quantitative estimate of drug-likeness (QED) is 0.410. The maximum absolute atomic E-state index is 13.9. The number of pyridine rings is 1. The Balaban J connectivity index is 1.46. The molecule has 9 heteroatoms. The van der Waals surface area contributed by atoms with E-state index in [-0.39, 0.29) is 11.9 Å². The fraction of sp³-hybridized carbons (Fsp3) is 0.421. The maximum atomic E-state index is 13.9. The van der Waals surface area contributed by atoms with E-state index in [1.165, 1.54) is 12.3 Å². The van der Waals surface area contributed by atoms with Gasteiger partial charge in [-0.2, -0.15) is 4.39 Å². The van der Waals surface area contributed by atoms with Crippen molar-refractivity contribution < 1.29 is 23.0 Å². The molecule has 2 saturated heterocycles. The van der Waals surface area contributed by atoms with Gasteiger partial charge in [-0.3, -0.25) is 9.09 Å². The molecule has 148 valence electrons. The number of fused-ring (bicyclic) bond motifs is 1. The van der Waals surface area contributed by atoms with Gasteiger partial charge in [0.15, 0.2) is 5.75 Å². The SMILES string of the molecule is Cc1cc2c(cc1Oc1cccnc1F)C(OP(=O)(N1CC1)N1CC1)CCO2. The minimum atomic E-state index is -2.97.